The smallest absolute Gasteiger partial charge is 0.161 e. The number of hydrogen-bond acceptors (Lipinski definition) is 4. The molecule has 0 bridgehead atoms. The van der Waals surface area contributed by atoms with E-state index in [0.29, 0.717) is 6.17 Å². The molecule has 0 aromatic carbocycles. The Labute approximate surface area is 138 Å². The highest BCUT2D eigenvalue weighted by Crippen LogP contribution is 2.28. The summed E-state index contributed by atoms with van der Waals surface area (Å²) in [6.45, 7) is 7.02. The molecule has 5 heteroatoms. The lowest BCUT2D eigenvalue weighted by atomic mass is 9.93. The van der Waals surface area contributed by atoms with Gasteiger partial charge in [0.15, 0.2) is 5.65 Å². The highest BCUT2D eigenvalue weighted by atomic mass is 15.3. The minimum Gasteiger partial charge on any atom is -0.304 e. The van der Waals surface area contributed by atoms with E-state index in [-0.39, 0.29) is 0 Å². The van der Waals surface area contributed by atoms with Gasteiger partial charge in [0.2, 0.25) is 0 Å². The number of fused-ring (bicyclic) bond motifs is 1. The van der Waals surface area contributed by atoms with Crippen molar-refractivity contribution in [1.29, 1.82) is 0 Å². The van der Waals surface area contributed by atoms with Crippen LogP contribution >= 0.6 is 0 Å². The van der Waals surface area contributed by atoms with Gasteiger partial charge in [0.25, 0.3) is 0 Å². The summed E-state index contributed by atoms with van der Waals surface area (Å²) in [5.74, 6) is 1.99. The minimum absolute atomic E-state index is 0.376. The molecule has 1 N–H and O–H groups in total. The molecule has 2 fully saturated rings. The largest absolute Gasteiger partial charge is 0.304 e. The van der Waals surface area contributed by atoms with Crippen molar-refractivity contribution in [2.75, 3.05) is 26.2 Å². The quantitative estimate of drug-likeness (QED) is 0.942. The number of nitrogens with zero attached hydrogens (tertiary/aromatic N) is 4. The van der Waals surface area contributed by atoms with Crippen LogP contribution < -0.4 is 5.32 Å². The van der Waals surface area contributed by atoms with Crippen molar-refractivity contribution in [3.05, 3.63) is 24.2 Å². The van der Waals surface area contributed by atoms with Crippen molar-refractivity contribution in [2.24, 2.45) is 5.92 Å². The number of nitrogens with one attached hydrogen (secondary N) is 1. The maximum absolute atomic E-state index is 4.94. The summed E-state index contributed by atoms with van der Waals surface area (Å²) in [6.07, 6.45) is 8.37. The second-order valence-corrected chi connectivity index (χ2v) is 6.94. The van der Waals surface area contributed by atoms with Gasteiger partial charge in [0.05, 0.1) is 6.17 Å². The molecule has 0 aliphatic carbocycles. The molecule has 4 heterocycles. The van der Waals surface area contributed by atoms with E-state index in [9.17, 15) is 0 Å². The second-order valence-electron chi connectivity index (χ2n) is 6.94. The van der Waals surface area contributed by atoms with Crippen LogP contribution in [0, 0.1) is 5.92 Å². The van der Waals surface area contributed by atoms with Gasteiger partial charge in [-0.2, -0.15) is 0 Å². The molecular formula is C18H27N5. The highest BCUT2D eigenvalue weighted by molar-refractivity contribution is 5.71. The summed E-state index contributed by atoms with van der Waals surface area (Å²) in [7, 11) is 0. The first kappa shape index (κ1) is 15.1. The lowest BCUT2D eigenvalue weighted by Crippen LogP contribution is -2.34. The zero-order valence-corrected chi connectivity index (χ0v) is 14.0. The van der Waals surface area contributed by atoms with Crippen LogP contribution in [0.25, 0.3) is 11.2 Å². The summed E-state index contributed by atoms with van der Waals surface area (Å²) in [6, 6.07) is 4.09. The van der Waals surface area contributed by atoms with E-state index in [1.54, 1.807) is 0 Å². The molecule has 5 nitrogen and oxygen atoms in total. The molecule has 0 radical (unpaired) electrons. The van der Waals surface area contributed by atoms with Gasteiger partial charge in [0.1, 0.15) is 11.3 Å². The molecule has 0 amide bonds. The van der Waals surface area contributed by atoms with Crippen molar-refractivity contribution in [3.8, 4) is 0 Å². The molecule has 2 aromatic heterocycles. The molecule has 23 heavy (non-hydrogen) atoms. The van der Waals surface area contributed by atoms with E-state index >= 15 is 0 Å². The molecule has 2 aromatic rings. The van der Waals surface area contributed by atoms with Crippen LogP contribution in [0.3, 0.4) is 0 Å². The number of likely N-dealkylation sites (tertiary alicyclic amines) is 1. The summed E-state index contributed by atoms with van der Waals surface area (Å²) in [4.78, 5) is 12.1. The van der Waals surface area contributed by atoms with Crippen LogP contribution in [0.1, 0.15) is 44.6 Å². The molecule has 1 atom stereocenters. The fourth-order valence-electron chi connectivity index (χ4n) is 4.10. The Morgan fingerprint density at radius 1 is 1.26 bits per heavy atom. The first-order valence-corrected chi connectivity index (χ1v) is 9.12. The van der Waals surface area contributed by atoms with E-state index in [1.165, 1.54) is 51.1 Å². The Bertz CT molecular complexity index is 650. The number of aromatic nitrogens is 3. The number of pyridine rings is 1. The van der Waals surface area contributed by atoms with Crippen LogP contribution in [0.5, 0.6) is 0 Å². The fourth-order valence-corrected chi connectivity index (χ4v) is 4.10. The van der Waals surface area contributed by atoms with Gasteiger partial charge in [-0.25, -0.2) is 9.97 Å². The van der Waals surface area contributed by atoms with E-state index in [1.807, 2.05) is 12.3 Å². The lowest BCUT2D eigenvalue weighted by Gasteiger charge is -2.31. The van der Waals surface area contributed by atoms with Gasteiger partial charge in [-0.15, -0.1) is 0 Å². The summed E-state index contributed by atoms with van der Waals surface area (Å²) in [5.41, 5.74) is 2.09. The second kappa shape index (κ2) is 6.57. The molecule has 124 valence electrons. The summed E-state index contributed by atoms with van der Waals surface area (Å²) >= 11 is 0. The third-order valence-corrected chi connectivity index (χ3v) is 5.49. The van der Waals surface area contributed by atoms with Gasteiger partial charge >= 0.3 is 0 Å². The van der Waals surface area contributed by atoms with Gasteiger partial charge in [0, 0.05) is 12.6 Å². The van der Waals surface area contributed by atoms with Crippen LogP contribution in [0.2, 0.25) is 0 Å². The molecule has 2 aliphatic heterocycles. The third-order valence-electron chi connectivity index (χ3n) is 5.49. The van der Waals surface area contributed by atoms with E-state index in [4.69, 9.17) is 4.98 Å². The highest BCUT2D eigenvalue weighted by Gasteiger charge is 2.26. The Morgan fingerprint density at radius 3 is 2.87 bits per heavy atom. The zero-order valence-electron chi connectivity index (χ0n) is 14.0. The van der Waals surface area contributed by atoms with Crippen molar-refractivity contribution >= 4 is 11.2 Å². The Hall–Kier alpha value is -1.46. The maximum Gasteiger partial charge on any atom is 0.161 e. The fraction of sp³-hybridized carbons (Fsp3) is 0.667. The van der Waals surface area contributed by atoms with Crippen molar-refractivity contribution in [2.45, 2.75) is 45.2 Å². The van der Waals surface area contributed by atoms with Gasteiger partial charge in [-0.3, -0.25) is 9.88 Å². The lowest BCUT2D eigenvalue weighted by molar-refractivity contribution is 0.189. The van der Waals surface area contributed by atoms with Gasteiger partial charge < -0.3 is 4.90 Å². The Morgan fingerprint density at radius 2 is 2.13 bits per heavy atom. The average molecular weight is 313 g/mol. The molecule has 2 saturated heterocycles. The third kappa shape index (κ3) is 3.00. The number of hydrogen-bond donors (Lipinski definition) is 1. The van der Waals surface area contributed by atoms with Crippen LogP contribution in [-0.4, -0.2) is 45.6 Å². The predicted octanol–water partition coefficient (Wildman–Crippen LogP) is 2.59. The average Bonchev–Trinajstić information content (AvgIpc) is 3.22. The Kier molecular flexibility index (Phi) is 4.31. The van der Waals surface area contributed by atoms with Crippen LogP contribution in [0.15, 0.2) is 18.3 Å². The minimum atomic E-state index is 0.376. The van der Waals surface area contributed by atoms with E-state index in [0.717, 1.165) is 30.0 Å². The molecule has 4 rings (SSSR count). The summed E-state index contributed by atoms with van der Waals surface area (Å²) in [5, 5.41) is 3.62. The first-order chi connectivity index (χ1) is 11.3. The summed E-state index contributed by atoms with van der Waals surface area (Å²) < 4.78 is 2.38. The van der Waals surface area contributed by atoms with Crippen molar-refractivity contribution in [1.82, 2.24) is 24.8 Å². The van der Waals surface area contributed by atoms with Crippen LogP contribution in [-0.2, 0) is 6.42 Å². The molecule has 1 unspecified atom stereocenters. The molecule has 0 spiro atoms. The standard InChI is InChI=1S/C18H27N5/c1-2-22-11-7-14(8-12-22)13-17-21-15-5-3-10-20-18(15)23(17)16-6-4-9-19-16/h3,5,10,14,16,19H,2,4,6-9,11-13H2,1H3. The van der Waals surface area contributed by atoms with Crippen molar-refractivity contribution < 1.29 is 0 Å². The van der Waals surface area contributed by atoms with E-state index in [2.05, 4.69) is 32.8 Å². The topological polar surface area (TPSA) is 46.0 Å². The zero-order chi connectivity index (χ0) is 15.6. The molecule has 0 saturated carbocycles. The number of piperidine rings is 1. The normalized spacial score (nSPS) is 23.8. The van der Waals surface area contributed by atoms with E-state index < -0.39 is 0 Å². The number of imidazole rings is 1. The monoisotopic (exact) mass is 313 g/mol. The predicted molar refractivity (Wildman–Crippen MR) is 92.3 cm³/mol. The SMILES string of the molecule is CCN1CCC(Cc2nc3cccnc3n2C2CCCN2)CC1. The first-order valence-electron chi connectivity index (χ1n) is 9.12. The Balaban J connectivity index is 1.60. The molecule has 2 aliphatic rings. The maximum atomic E-state index is 4.94. The van der Waals surface area contributed by atoms with Crippen LogP contribution in [0.4, 0.5) is 0 Å². The van der Waals surface area contributed by atoms with Gasteiger partial charge in [-0.05, 0) is 69.9 Å². The molecular weight excluding hydrogens is 286 g/mol. The van der Waals surface area contributed by atoms with Gasteiger partial charge in [-0.1, -0.05) is 6.92 Å². The van der Waals surface area contributed by atoms with Crippen molar-refractivity contribution in [3.63, 3.8) is 0 Å². The number of rotatable bonds is 4.